The highest BCUT2D eigenvalue weighted by Crippen LogP contribution is 2.37. The Bertz CT molecular complexity index is 612. The smallest absolute Gasteiger partial charge is 0.410 e. The molecule has 1 unspecified atom stereocenters. The van der Waals surface area contributed by atoms with E-state index in [0.29, 0.717) is 0 Å². The number of rotatable bonds is 7. The van der Waals surface area contributed by atoms with Gasteiger partial charge in [0, 0.05) is 7.05 Å². The van der Waals surface area contributed by atoms with Crippen molar-refractivity contribution in [2.75, 3.05) is 7.05 Å². The SMILES string of the molecule is CC(O[Si](C)(C)C(C)(C)C)[C@H](C(=O)O)N(C)C(=O)OCc1ccccc1. The highest BCUT2D eigenvalue weighted by Gasteiger charge is 2.42. The van der Waals surface area contributed by atoms with E-state index in [1.807, 2.05) is 30.3 Å². The summed E-state index contributed by atoms with van der Waals surface area (Å²) in [7, 11) is -0.742. The number of benzene rings is 1. The molecule has 0 aliphatic heterocycles. The van der Waals surface area contributed by atoms with E-state index in [4.69, 9.17) is 9.16 Å². The van der Waals surface area contributed by atoms with E-state index < -0.39 is 32.5 Å². The molecule has 0 saturated carbocycles. The van der Waals surface area contributed by atoms with Crippen LogP contribution >= 0.6 is 0 Å². The number of hydrogen-bond acceptors (Lipinski definition) is 4. The van der Waals surface area contributed by atoms with Crippen LogP contribution in [0.5, 0.6) is 0 Å². The molecule has 0 saturated heterocycles. The molecule has 1 N–H and O–H groups in total. The average molecular weight is 382 g/mol. The number of carbonyl (C=O) groups excluding carboxylic acids is 1. The van der Waals surface area contributed by atoms with Crippen molar-refractivity contribution in [2.45, 2.75) is 64.6 Å². The molecule has 1 rings (SSSR count). The molecule has 0 aliphatic carbocycles. The van der Waals surface area contributed by atoms with Gasteiger partial charge in [-0.15, -0.1) is 0 Å². The standard InChI is InChI=1S/C19H31NO5Si/c1-14(25-26(6,7)19(2,3)4)16(17(21)22)20(5)18(23)24-13-15-11-9-8-10-12-15/h8-12,14,16H,13H2,1-7H3,(H,21,22)/t14?,16-/m1/s1. The van der Waals surface area contributed by atoms with Gasteiger partial charge in [0.25, 0.3) is 0 Å². The zero-order valence-corrected chi connectivity index (χ0v) is 17.8. The molecule has 2 atom stereocenters. The maximum absolute atomic E-state index is 12.3. The second-order valence-corrected chi connectivity index (χ2v) is 12.8. The molecule has 0 radical (unpaired) electrons. The Balaban J connectivity index is 2.81. The van der Waals surface area contributed by atoms with Gasteiger partial charge in [-0.05, 0) is 30.6 Å². The quantitative estimate of drug-likeness (QED) is 0.719. The van der Waals surface area contributed by atoms with Crippen LogP contribution in [0, 0.1) is 0 Å². The van der Waals surface area contributed by atoms with E-state index in [0.717, 1.165) is 10.5 Å². The van der Waals surface area contributed by atoms with Crippen molar-refractivity contribution < 1.29 is 23.9 Å². The van der Waals surface area contributed by atoms with Crippen LogP contribution < -0.4 is 0 Å². The van der Waals surface area contributed by atoms with E-state index in [9.17, 15) is 14.7 Å². The molecule has 0 heterocycles. The summed E-state index contributed by atoms with van der Waals surface area (Å²) in [5, 5.41) is 9.58. The van der Waals surface area contributed by atoms with Crippen molar-refractivity contribution in [1.29, 1.82) is 0 Å². The summed E-state index contributed by atoms with van der Waals surface area (Å²) in [5.74, 6) is -1.12. The topological polar surface area (TPSA) is 76.1 Å². The Morgan fingerprint density at radius 1 is 1.19 bits per heavy atom. The number of carbonyl (C=O) groups is 2. The first kappa shape index (κ1) is 22.2. The predicted molar refractivity (Wildman–Crippen MR) is 104 cm³/mol. The highest BCUT2D eigenvalue weighted by atomic mass is 28.4. The molecule has 6 nitrogen and oxygen atoms in total. The van der Waals surface area contributed by atoms with Gasteiger partial charge in [-0.1, -0.05) is 51.1 Å². The molecular formula is C19H31NO5Si. The van der Waals surface area contributed by atoms with E-state index in [2.05, 4.69) is 33.9 Å². The maximum atomic E-state index is 12.3. The van der Waals surface area contributed by atoms with Crippen LogP contribution in [0.15, 0.2) is 30.3 Å². The van der Waals surface area contributed by atoms with Gasteiger partial charge in [-0.2, -0.15) is 0 Å². The minimum absolute atomic E-state index is 0.0588. The van der Waals surface area contributed by atoms with Gasteiger partial charge < -0.3 is 14.3 Å². The fourth-order valence-corrected chi connectivity index (χ4v) is 3.73. The largest absolute Gasteiger partial charge is 0.480 e. The normalized spacial score (nSPS) is 14.4. The van der Waals surface area contributed by atoms with Crippen LogP contribution in [0.4, 0.5) is 4.79 Å². The third kappa shape index (κ3) is 5.84. The average Bonchev–Trinajstić information content (AvgIpc) is 2.51. The molecule has 0 bridgehead atoms. The molecule has 146 valence electrons. The summed E-state index contributed by atoms with van der Waals surface area (Å²) in [4.78, 5) is 25.2. The molecule has 26 heavy (non-hydrogen) atoms. The molecule has 7 heteroatoms. The molecular weight excluding hydrogens is 350 g/mol. The number of carboxylic acid groups (broad SMARTS) is 1. The van der Waals surface area contributed by atoms with Gasteiger partial charge in [0.15, 0.2) is 14.4 Å². The summed E-state index contributed by atoms with van der Waals surface area (Å²) in [6, 6.07) is 8.13. The Hall–Kier alpha value is -1.86. The van der Waals surface area contributed by atoms with Crippen LogP contribution in [-0.4, -0.2) is 49.6 Å². The summed E-state index contributed by atoms with van der Waals surface area (Å²) < 4.78 is 11.4. The van der Waals surface area contributed by atoms with Crippen LogP contribution in [0.1, 0.15) is 33.3 Å². The van der Waals surface area contributed by atoms with Gasteiger partial charge >= 0.3 is 12.1 Å². The molecule has 0 spiro atoms. The van der Waals surface area contributed by atoms with Crippen LogP contribution in [0.25, 0.3) is 0 Å². The highest BCUT2D eigenvalue weighted by molar-refractivity contribution is 6.74. The molecule has 1 amide bonds. The first-order valence-electron chi connectivity index (χ1n) is 8.71. The Morgan fingerprint density at radius 3 is 2.19 bits per heavy atom. The third-order valence-electron chi connectivity index (χ3n) is 4.89. The summed E-state index contributed by atoms with van der Waals surface area (Å²) in [5.41, 5.74) is 0.840. The van der Waals surface area contributed by atoms with Gasteiger partial charge in [0.1, 0.15) is 6.61 Å². The summed E-state index contributed by atoms with van der Waals surface area (Å²) >= 11 is 0. The first-order valence-corrected chi connectivity index (χ1v) is 11.6. The van der Waals surface area contributed by atoms with E-state index in [1.165, 1.54) is 7.05 Å². The zero-order valence-electron chi connectivity index (χ0n) is 16.8. The van der Waals surface area contributed by atoms with Crippen LogP contribution in [0.3, 0.4) is 0 Å². The Labute approximate surface area is 157 Å². The van der Waals surface area contributed by atoms with Crippen molar-refractivity contribution in [3.05, 3.63) is 35.9 Å². The summed E-state index contributed by atoms with van der Waals surface area (Å²) in [6.07, 6.45) is -1.34. The fourth-order valence-electron chi connectivity index (χ4n) is 2.32. The lowest BCUT2D eigenvalue weighted by Crippen LogP contribution is -2.54. The van der Waals surface area contributed by atoms with Crippen LogP contribution in [0.2, 0.25) is 18.1 Å². The van der Waals surface area contributed by atoms with E-state index in [1.54, 1.807) is 6.92 Å². The number of amides is 1. The van der Waals surface area contributed by atoms with Gasteiger partial charge in [0.2, 0.25) is 0 Å². The number of hydrogen-bond donors (Lipinski definition) is 1. The van der Waals surface area contributed by atoms with Crippen molar-refractivity contribution >= 4 is 20.4 Å². The van der Waals surface area contributed by atoms with Gasteiger partial charge in [-0.25, -0.2) is 9.59 Å². The second kappa shape index (κ2) is 8.68. The minimum Gasteiger partial charge on any atom is -0.480 e. The monoisotopic (exact) mass is 381 g/mol. The predicted octanol–water partition coefficient (Wildman–Crippen LogP) is 4.12. The number of carboxylic acids is 1. The molecule has 1 aromatic carbocycles. The van der Waals surface area contributed by atoms with Crippen molar-refractivity contribution in [1.82, 2.24) is 4.90 Å². The fraction of sp³-hybridized carbons (Fsp3) is 0.579. The van der Waals surface area contributed by atoms with Crippen LogP contribution in [-0.2, 0) is 20.6 Å². The molecule has 1 aromatic rings. The second-order valence-electron chi connectivity index (χ2n) is 8.02. The lowest BCUT2D eigenvalue weighted by atomic mass is 10.1. The number of aliphatic carboxylic acids is 1. The minimum atomic E-state index is -2.17. The van der Waals surface area contributed by atoms with Crippen molar-refractivity contribution in [3.63, 3.8) is 0 Å². The number of likely N-dealkylation sites (N-methyl/N-ethyl adjacent to an activating group) is 1. The molecule has 0 aliphatic rings. The lowest BCUT2D eigenvalue weighted by molar-refractivity contribution is -0.145. The third-order valence-corrected chi connectivity index (χ3v) is 9.47. The van der Waals surface area contributed by atoms with Crippen molar-refractivity contribution in [2.24, 2.45) is 0 Å². The van der Waals surface area contributed by atoms with Crippen molar-refractivity contribution in [3.8, 4) is 0 Å². The first-order chi connectivity index (χ1) is 11.9. The molecule has 0 aromatic heterocycles. The Morgan fingerprint density at radius 2 is 1.73 bits per heavy atom. The van der Waals surface area contributed by atoms with E-state index >= 15 is 0 Å². The zero-order chi connectivity index (χ0) is 20.1. The number of ether oxygens (including phenoxy) is 1. The van der Waals surface area contributed by atoms with Gasteiger partial charge in [0.05, 0.1) is 6.10 Å². The number of nitrogens with zero attached hydrogens (tertiary/aromatic N) is 1. The lowest BCUT2D eigenvalue weighted by Gasteiger charge is -2.40. The van der Waals surface area contributed by atoms with E-state index in [-0.39, 0.29) is 11.6 Å². The maximum Gasteiger partial charge on any atom is 0.410 e. The molecule has 0 fully saturated rings. The summed E-state index contributed by atoms with van der Waals surface area (Å²) in [6.45, 7) is 12.1. The van der Waals surface area contributed by atoms with Gasteiger partial charge in [-0.3, -0.25) is 4.90 Å². The Kier molecular flexibility index (Phi) is 7.41.